The molecule has 160 valence electrons. The minimum absolute atomic E-state index is 0.221. The van der Waals surface area contributed by atoms with Crippen LogP contribution in [0.15, 0.2) is 35.4 Å². The van der Waals surface area contributed by atoms with Crippen LogP contribution < -0.4 is 21.1 Å². The lowest BCUT2D eigenvalue weighted by Crippen LogP contribution is -2.43. The zero-order valence-corrected chi connectivity index (χ0v) is 16.9. The number of pyridine rings is 2. The van der Waals surface area contributed by atoms with Crippen LogP contribution >= 0.6 is 0 Å². The molecule has 3 aromatic heterocycles. The average molecular weight is 423 g/mol. The van der Waals surface area contributed by atoms with E-state index >= 15 is 0 Å². The van der Waals surface area contributed by atoms with Gasteiger partial charge in [-0.1, -0.05) is 0 Å². The van der Waals surface area contributed by atoms with Gasteiger partial charge in [0, 0.05) is 37.7 Å². The average Bonchev–Trinajstić information content (AvgIpc) is 3.37. The maximum atomic E-state index is 12.9. The van der Waals surface area contributed by atoms with Crippen LogP contribution in [0.1, 0.15) is 23.2 Å². The fraction of sp³-hybridized carbons (Fsp3) is 0.350. The van der Waals surface area contributed by atoms with E-state index in [0.717, 1.165) is 12.1 Å². The number of carbonyl (C=O) groups is 2. The third-order valence-electron chi connectivity index (χ3n) is 5.72. The van der Waals surface area contributed by atoms with Crippen LogP contribution in [0.4, 0.5) is 11.5 Å². The van der Waals surface area contributed by atoms with Crippen molar-refractivity contribution >= 4 is 29.0 Å². The molecule has 2 amide bonds. The normalized spacial score (nSPS) is 18.2. The first-order chi connectivity index (χ1) is 14.9. The summed E-state index contributed by atoms with van der Waals surface area (Å²) in [5.41, 5.74) is 6.90. The molecular weight excluding hydrogens is 402 g/mol. The van der Waals surface area contributed by atoms with Crippen LogP contribution in [0.3, 0.4) is 0 Å². The third-order valence-corrected chi connectivity index (χ3v) is 5.72. The molecule has 0 bridgehead atoms. The van der Waals surface area contributed by atoms with Crippen LogP contribution in [0, 0.1) is 0 Å². The third kappa shape index (κ3) is 3.09. The maximum absolute atomic E-state index is 12.9. The number of hydrogen-bond donors (Lipinski definition) is 1. The highest BCUT2D eigenvalue weighted by molar-refractivity contribution is 5.98. The smallest absolute Gasteiger partial charge is 0.350 e. The highest BCUT2D eigenvalue weighted by Gasteiger charge is 2.34. The summed E-state index contributed by atoms with van der Waals surface area (Å²) in [5, 5.41) is 4.23. The first-order valence-corrected chi connectivity index (χ1v) is 10.00. The minimum Gasteiger partial charge on any atom is -0.488 e. The molecule has 5 heterocycles. The molecule has 0 unspecified atom stereocenters. The highest BCUT2D eigenvalue weighted by Crippen LogP contribution is 2.36. The Hall–Kier alpha value is -3.89. The Morgan fingerprint density at radius 2 is 2.10 bits per heavy atom. The summed E-state index contributed by atoms with van der Waals surface area (Å²) in [5.74, 6) is 0.262. The molecule has 1 atom stereocenters. The van der Waals surface area contributed by atoms with Gasteiger partial charge in [-0.3, -0.25) is 14.0 Å². The molecule has 0 radical (unpaired) electrons. The minimum atomic E-state index is -0.588. The van der Waals surface area contributed by atoms with E-state index in [9.17, 15) is 14.4 Å². The molecule has 2 aliphatic rings. The SMILES string of the molecule is Cn1nc2cc(N3CCOc4cc(C(=O)N5CCC[C@@H]5C(N)=O)cnc43)ccn2c1=O. The van der Waals surface area contributed by atoms with E-state index < -0.39 is 11.9 Å². The van der Waals surface area contributed by atoms with Gasteiger partial charge in [0.05, 0.1) is 12.1 Å². The molecule has 11 heteroatoms. The molecule has 2 N–H and O–H groups in total. The molecule has 1 fully saturated rings. The largest absolute Gasteiger partial charge is 0.488 e. The second kappa shape index (κ2) is 7.11. The standard InChI is InChI=1S/C20H21N7O4/c1-24-20(30)27-6-4-13(10-16(27)23-24)25-7-8-31-15-9-12(11-22-18(15)25)19(29)26-5-2-3-14(26)17(21)28/h4,6,9-11,14H,2-3,5,7-8H2,1H3,(H2,21,28)/t14-/m1/s1. The monoisotopic (exact) mass is 423 g/mol. The van der Waals surface area contributed by atoms with E-state index in [1.165, 1.54) is 20.2 Å². The number of likely N-dealkylation sites (tertiary alicyclic amines) is 1. The van der Waals surface area contributed by atoms with Gasteiger partial charge in [0.1, 0.15) is 12.6 Å². The molecule has 0 aliphatic carbocycles. The Labute approximate surface area is 176 Å². The van der Waals surface area contributed by atoms with Crippen molar-refractivity contribution in [3.8, 4) is 5.75 Å². The maximum Gasteiger partial charge on any atom is 0.350 e. The van der Waals surface area contributed by atoms with Crippen molar-refractivity contribution in [1.29, 1.82) is 0 Å². The summed E-state index contributed by atoms with van der Waals surface area (Å²) in [6.07, 6.45) is 4.47. The number of nitrogens with two attached hydrogens (primary N) is 1. The summed E-state index contributed by atoms with van der Waals surface area (Å²) < 4.78 is 8.51. The van der Waals surface area contributed by atoms with E-state index in [1.54, 1.807) is 25.4 Å². The number of hydrogen-bond acceptors (Lipinski definition) is 7. The predicted octanol–water partition coefficient (Wildman–Crippen LogP) is 0.0484. The first-order valence-electron chi connectivity index (χ1n) is 10.00. The summed E-state index contributed by atoms with van der Waals surface area (Å²) in [7, 11) is 1.60. The quantitative estimate of drug-likeness (QED) is 0.630. The Morgan fingerprint density at radius 1 is 1.26 bits per heavy atom. The second-order valence-corrected chi connectivity index (χ2v) is 7.62. The molecule has 0 spiro atoms. The van der Waals surface area contributed by atoms with Gasteiger partial charge in [0.15, 0.2) is 17.2 Å². The topological polar surface area (TPSA) is 128 Å². The fourth-order valence-electron chi connectivity index (χ4n) is 4.18. The first kappa shape index (κ1) is 19.1. The number of nitrogens with zero attached hydrogens (tertiary/aromatic N) is 6. The van der Waals surface area contributed by atoms with E-state index in [2.05, 4.69) is 10.1 Å². The number of carbonyl (C=O) groups excluding carboxylic acids is 2. The second-order valence-electron chi connectivity index (χ2n) is 7.62. The lowest BCUT2D eigenvalue weighted by atomic mass is 10.1. The molecule has 2 aliphatic heterocycles. The molecular formula is C20H21N7O4. The van der Waals surface area contributed by atoms with Crippen molar-refractivity contribution in [1.82, 2.24) is 24.1 Å². The van der Waals surface area contributed by atoms with Gasteiger partial charge in [-0.05, 0) is 25.0 Å². The number of rotatable bonds is 3. The van der Waals surface area contributed by atoms with Crippen LogP contribution in [-0.2, 0) is 11.8 Å². The van der Waals surface area contributed by atoms with Crippen LogP contribution in [0.2, 0.25) is 0 Å². The van der Waals surface area contributed by atoms with Crippen LogP contribution in [0.25, 0.3) is 5.65 Å². The van der Waals surface area contributed by atoms with Crippen molar-refractivity contribution in [2.75, 3.05) is 24.6 Å². The van der Waals surface area contributed by atoms with E-state index in [-0.39, 0.29) is 11.6 Å². The summed E-state index contributed by atoms with van der Waals surface area (Å²) in [6, 6.07) is 4.68. The number of primary amides is 1. The molecule has 3 aromatic rings. The lowest BCUT2D eigenvalue weighted by Gasteiger charge is -2.30. The molecule has 11 nitrogen and oxygen atoms in total. The van der Waals surface area contributed by atoms with Crippen molar-refractivity contribution in [3.05, 3.63) is 46.6 Å². The Bertz CT molecular complexity index is 1260. The Balaban J connectivity index is 1.47. The molecule has 5 rings (SSSR count). The van der Waals surface area contributed by atoms with Crippen LogP contribution in [-0.4, -0.2) is 61.6 Å². The van der Waals surface area contributed by atoms with Gasteiger partial charge >= 0.3 is 5.69 Å². The van der Waals surface area contributed by atoms with E-state index in [0.29, 0.717) is 48.9 Å². The van der Waals surface area contributed by atoms with Gasteiger partial charge < -0.3 is 20.3 Å². The molecule has 1 saturated heterocycles. The number of amides is 2. The van der Waals surface area contributed by atoms with Crippen LogP contribution in [0.5, 0.6) is 5.75 Å². The number of fused-ring (bicyclic) bond motifs is 2. The number of anilines is 2. The summed E-state index contributed by atoms with van der Waals surface area (Å²) in [4.78, 5) is 44.6. The Morgan fingerprint density at radius 3 is 2.90 bits per heavy atom. The fourth-order valence-corrected chi connectivity index (χ4v) is 4.18. The van der Waals surface area contributed by atoms with Gasteiger partial charge in [-0.2, -0.15) is 5.10 Å². The van der Waals surface area contributed by atoms with Gasteiger partial charge in [-0.15, -0.1) is 0 Å². The molecule has 0 aromatic carbocycles. The van der Waals surface area contributed by atoms with Crippen molar-refractivity contribution < 1.29 is 14.3 Å². The number of aromatic nitrogens is 4. The van der Waals surface area contributed by atoms with Gasteiger partial charge in [0.2, 0.25) is 5.91 Å². The molecule has 31 heavy (non-hydrogen) atoms. The van der Waals surface area contributed by atoms with Crippen molar-refractivity contribution in [2.24, 2.45) is 12.8 Å². The van der Waals surface area contributed by atoms with E-state index in [1.807, 2.05) is 11.0 Å². The van der Waals surface area contributed by atoms with Crippen molar-refractivity contribution in [2.45, 2.75) is 18.9 Å². The summed E-state index contributed by atoms with van der Waals surface area (Å²) in [6.45, 7) is 1.44. The Kier molecular flexibility index (Phi) is 4.38. The number of aryl methyl sites for hydroxylation is 1. The zero-order valence-electron chi connectivity index (χ0n) is 16.9. The number of ether oxygens (including phenoxy) is 1. The van der Waals surface area contributed by atoms with E-state index in [4.69, 9.17) is 10.5 Å². The lowest BCUT2D eigenvalue weighted by molar-refractivity contribution is -0.121. The zero-order chi connectivity index (χ0) is 21.7. The molecule has 0 saturated carbocycles. The highest BCUT2D eigenvalue weighted by atomic mass is 16.5. The summed E-state index contributed by atoms with van der Waals surface area (Å²) >= 11 is 0. The van der Waals surface area contributed by atoms with Gasteiger partial charge in [-0.25, -0.2) is 14.5 Å². The predicted molar refractivity (Wildman–Crippen MR) is 110 cm³/mol. The van der Waals surface area contributed by atoms with Gasteiger partial charge in [0.25, 0.3) is 5.91 Å². The van der Waals surface area contributed by atoms with Crippen molar-refractivity contribution in [3.63, 3.8) is 0 Å².